The highest BCUT2D eigenvalue weighted by molar-refractivity contribution is 5.18. The molecule has 164 valence electrons. The summed E-state index contributed by atoms with van der Waals surface area (Å²) < 4.78 is 0. The van der Waals surface area contributed by atoms with Gasteiger partial charge < -0.3 is 5.11 Å². The Morgan fingerprint density at radius 2 is 1.55 bits per heavy atom. The lowest BCUT2D eigenvalue weighted by atomic mass is 9.46. The number of allylic oxidation sites excluding steroid dienone is 4. The summed E-state index contributed by atoms with van der Waals surface area (Å²) >= 11 is 0. The highest BCUT2D eigenvalue weighted by atomic mass is 16.3. The average molecular weight is 399 g/mol. The SMILES string of the molecule is CC(C)[C@@H](C)/C=C/[C@@H](C)[C@H]1CCC2C3C=CC4C[C@@H](O)CC[C@]4(C)C3CC[C@@]21C. The Morgan fingerprint density at radius 3 is 2.28 bits per heavy atom. The van der Waals surface area contributed by atoms with Crippen molar-refractivity contribution in [1.82, 2.24) is 0 Å². The van der Waals surface area contributed by atoms with Gasteiger partial charge in [0.05, 0.1) is 6.10 Å². The highest BCUT2D eigenvalue weighted by Gasteiger charge is 2.59. The summed E-state index contributed by atoms with van der Waals surface area (Å²) in [5.41, 5.74) is 0.935. The fourth-order valence-electron chi connectivity index (χ4n) is 8.21. The van der Waals surface area contributed by atoms with Gasteiger partial charge in [0.15, 0.2) is 0 Å². The van der Waals surface area contributed by atoms with Crippen LogP contribution in [0.4, 0.5) is 0 Å². The van der Waals surface area contributed by atoms with Crippen LogP contribution in [-0.2, 0) is 0 Å². The fourth-order valence-corrected chi connectivity index (χ4v) is 8.21. The minimum absolute atomic E-state index is 0.0696. The lowest BCUT2D eigenvalue weighted by Crippen LogP contribution is -2.52. The third-order valence-electron chi connectivity index (χ3n) is 10.6. The van der Waals surface area contributed by atoms with E-state index in [-0.39, 0.29) is 6.10 Å². The number of hydrogen-bond acceptors (Lipinski definition) is 1. The van der Waals surface area contributed by atoms with Crippen LogP contribution in [0.5, 0.6) is 0 Å². The first-order chi connectivity index (χ1) is 13.7. The minimum atomic E-state index is -0.0696. The second-order valence-corrected chi connectivity index (χ2v) is 12.3. The molecule has 0 aromatic rings. The van der Waals surface area contributed by atoms with Gasteiger partial charge in [0, 0.05) is 0 Å². The molecule has 4 aliphatic rings. The van der Waals surface area contributed by atoms with Crippen LogP contribution in [-0.4, -0.2) is 11.2 Å². The van der Waals surface area contributed by atoms with Crippen LogP contribution in [0.25, 0.3) is 0 Å². The van der Waals surface area contributed by atoms with E-state index in [4.69, 9.17) is 0 Å². The molecule has 0 radical (unpaired) electrons. The Bertz CT molecular complexity index is 647. The molecule has 29 heavy (non-hydrogen) atoms. The van der Waals surface area contributed by atoms with Gasteiger partial charge in [-0.2, -0.15) is 0 Å². The second kappa shape index (κ2) is 7.85. The van der Waals surface area contributed by atoms with Crippen molar-refractivity contribution in [3.8, 4) is 0 Å². The topological polar surface area (TPSA) is 20.2 Å². The normalized spacial score (nSPS) is 49.0. The fraction of sp³-hybridized carbons (Fsp3) is 0.857. The number of fused-ring (bicyclic) bond motifs is 5. The second-order valence-electron chi connectivity index (χ2n) is 12.3. The lowest BCUT2D eigenvalue weighted by Gasteiger charge is -2.59. The molecule has 3 fully saturated rings. The summed E-state index contributed by atoms with van der Waals surface area (Å²) in [5.74, 6) is 6.04. The summed E-state index contributed by atoms with van der Waals surface area (Å²) in [6, 6.07) is 0. The number of hydrogen-bond donors (Lipinski definition) is 1. The average Bonchev–Trinajstić information content (AvgIpc) is 3.03. The lowest BCUT2D eigenvalue weighted by molar-refractivity contribution is -0.0795. The Kier molecular flexibility index (Phi) is 5.86. The van der Waals surface area contributed by atoms with E-state index >= 15 is 0 Å². The Labute approximate surface area is 180 Å². The van der Waals surface area contributed by atoms with Crippen LogP contribution < -0.4 is 0 Å². The number of aliphatic hydroxyl groups is 1. The van der Waals surface area contributed by atoms with Gasteiger partial charge in [-0.05, 0) is 103 Å². The van der Waals surface area contributed by atoms with Gasteiger partial charge in [0.25, 0.3) is 0 Å². The largest absolute Gasteiger partial charge is 0.393 e. The molecule has 1 N–H and O–H groups in total. The summed E-state index contributed by atoms with van der Waals surface area (Å²) in [6.07, 6.45) is 19.1. The molecule has 0 aliphatic heterocycles. The highest BCUT2D eigenvalue weighted by Crippen LogP contribution is 2.66. The predicted octanol–water partition coefficient (Wildman–Crippen LogP) is 7.27. The van der Waals surface area contributed by atoms with E-state index in [1.807, 2.05) is 0 Å². The Balaban J connectivity index is 1.53. The monoisotopic (exact) mass is 398 g/mol. The van der Waals surface area contributed by atoms with E-state index in [1.54, 1.807) is 0 Å². The molecular weight excluding hydrogens is 352 g/mol. The van der Waals surface area contributed by atoms with Crippen LogP contribution in [0.1, 0.15) is 86.5 Å². The smallest absolute Gasteiger partial charge is 0.0546 e. The van der Waals surface area contributed by atoms with Gasteiger partial charge in [-0.25, -0.2) is 0 Å². The number of rotatable bonds is 4. The predicted molar refractivity (Wildman–Crippen MR) is 123 cm³/mol. The first kappa shape index (κ1) is 21.7. The molecule has 10 atom stereocenters. The van der Waals surface area contributed by atoms with E-state index in [1.165, 1.54) is 32.1 Å². The van der Waals surface area contributed by atoms with Crippen molar-refractivity contribution in [2.24, 2.45) is 58.2 Å². The standard InChI is InChI=1S/C28H46O/c1-18(2)19(3)7-8-20(4)24-11-12-25-23-10-9-21-17-22(29)13-15-27(21,5)26(23)14-16-28(24,25)6/h7-10,18-26,29H,11-17H2,1-6H3/b8-7+/t19-,20+,21?,22-,23?,24+,25?,26?,27-,28+/m0/s1. The van der Waals surface area contributed by atoms with E-state index in [2.05, 4.69) is 65.8 Å². The van der Waals surface area contributed by atoms with E-state index in [0.717, 1.165) is 42.4 Å². The molecule has 0 aromatic heterocycles. The molecule has 0 bridgehead atoms. The molecule has 4 rings (SSSR count). The van der Waals surface area contributed by atoms with Crippen molar-refractivity contribution in [3.63, 3.8) is 0 Å². The quantitative estimate of drug-likeness (QED) is 0.494. The molecule has 4 unspecified atom stereocenters. The molecule has 1 nitrogen and oxygen atoms in total. The van der Waals surface area contributed by atoms with Crippen LogP contribution >= 0.6 is 0 Å². The molecular formula is C28H46O. The molecule has 1 heteroatoms. The maximum atomic E-state index is 10.2. The van der Waals surface area contributed by atoms with Gasteiger partial charge in [-0.1, -0.05) is 65.8 Å². The summed E-state index contributed by atoms with van der Waals surface area (Å²) in [4.78, 5) is 0. The summed E-state index contributed by atoms with van der Waals surface area (Å²) in [7, 11) is 0. The van der Waals surface area contributed by atoms with Crippen molar-refractivity contribution in [2.45, 2.75) is 92.6 Å². The molecule has 0 heterocycles. The van der Waals surface area contributed by atoms with Crippen LogP contribution in [0.2, 0.25) is 0 Å². The van der Waals surface area contributed by atoms with Gasteiger partial charge >= 0.3 is 0 Å². The van der Waals surface area contributed by atoms with Crippen molar-refractivity contribution in [2.75, 3.05) is 0 Å². The van der Waals surface area contributed by atoms with Crippen molar-refractivity contribution >= 4 is 0 Å². The van der Waals surface area contributed by atoms with Gasteiger partial charge in [0.2, 0.25) is 0 Å². The number of aliphatic hydroxyl groups excluding tert-OH is 1. The Hall–Kier alpha value is -0.560. The van der Waals surface area contributed by atoms with E-state index in [0.29, 0.717) is 28.6 Å². The van der Waals surface area contributed by atoms with E-state index in [9.17, 15) is 5.11 Å². The Morgan fingerprint density at radius 1 is 0.862 bits per heavy atom. The zero-order valence-electron chi connectivity index (χ0n) is 19.9. The first-order valence-corrected chi connectivity index (χ1v) is 12.7. The third-order valence-corrected chi connectivity index (χ3v) is 10.6. The van der Waals surface area contributed by atoms with Gasteiger partial charge in [-0.3, -0.25) is 0 Å². The molecule has 3 saturated carbocycles. The van der Waals surface area contributed by atoms with Crippen LogP contribution in [0.15, 0.2) is 24.3 Å². The van der Waals surface area contributed by atoms with Crippen LogP contribution in [0.3, 0.4) is 0 Å². The first-order valence-electron chi connectivity index (χ1n) is 12.7. The van der Waals surface area contributed by atoms with E-state index < -0.39 is 0 Å². The molecule has 0 spiro atoms. The van der Waals surface area contributed by atoms with Crippen molar-refractivity contribution in [1.29, 1.82) is 0 Å². The minimum Gasteiger partial charge on any atom is -0.393 e. The maximum Gasteiger partial charge on any atom is 0.0546 e. The van der Waals surface area contributed by atoms with Crippen molar-refractivity contribution in [3.05, 3.63) is 24.3 Å². The van der Waals surface area contributed by atoms with Crippen molar-refractivity contribution < 1.29 is 5.11 Å². The summed E-state index contributed by atoms with van der Waals surface area (Å²) in [5, 5.41) is 10.2. The van der Waals surface area contributed by atoms with Crippen LogP contribution in [0, 0.1) is 58.2 Å². The molecule has 0 saturated heterocycles. The zero-order valence-corrected chi connectivity index (χ0v) is 19.9. The molecule has 4 aliphatic carbocycles. The molecule has 0 amide bonds. The van der Waals surface area contributed by atoms with Gasteiger partial charge in [-0.15, -0.1) is 0 Å². The van der Waals surface area contributed by atoms with Gasteiger partial charge in [0.1, 0.15) is 0 Å². The maximum absolute atomic E-state index is 10.2. The zero-order chi connectivity index (χ0) is 21.0. The molecule has 0 aromatic carbocycles. The third kappa shape index (κ3) is 3.58. The summed E-state index contributed by atoms with van der Waals surface area (Å²) in [6.45, 7) is 14.7.